The van der Waals surface area contributed by atoms with Gasteiger partial charge in [0.15, 0.2) is 24.7 Å². The Morgan fingerprint density at radius 1 is 0.727 bits per heavy atom. The third-order valence-electron chi connectivity index (χ3n) is 4.36. The fraction of sp³-hybridized carbons (Fsp3) is 0.130. The topological polar surface area (TPSA) is 104 Å². The molecule has 0 radical (unpaired) electrons. The van der Waals surface area contributed by atoms with Gasteiger partial charge >= 0.3 is 0 Å². The van der Waals surface area contributed by atoms with Crippen molar-refractivity contribution in [1.29, 1.82) is 0 Å². The van der Waals surface area contributed by atoms with E-state index in [1.807, 2.05) is 24.3 Å². The Labute approximate surface area is 197 Å². The Morgan fingerprint density at radius 2 is 1.24 bits per heavy atom. The van der Waals surface area contributed by atoms with Gasteiger partial charge in [-0.2, -0.15) is 11.0 Å². The summed E-state index contributed by atoms with van der Waals surface area (Å²) in [5.74, 6) is 0.0576. The number of carbonyl (C=O) groups excluding carboxylic acids is 2. The van der Waals surface area contributed by atoms with Crippen molar-refractivity contribution in [2.75, 3.05) is 13.2 Å². The maximum Gasteiger partial charge on any atom is 0.290 e. The molecule has 0 spiro atoms. The number of hydroxylamine groups is 2. The van der Waals surface area contributed by atoms with Crippen molar-refractivity contribution < 1.29 is 33.5 Å². The van der Waals surface area contributed by atoms with Gasteiger partial charge in [0.2, 0.25) is 17.2 Å². The molecule has 0 fully saturated rings. The average molecular weight is 515 g/mol. The van der Waals surface area contributed by atoms with Crippen LogP contribution < -0.4 is 34.8 Å². The molecule has 10 heteroatoms. The van der Waals surface area contributed by atoms with Crippen LogP contribution in [0.3, 0.4) is 0 Å². The van der Waals surface area contributed by atoms with Crippen molar-refractivity contribution in [3.8, 4) is 28.7 Å². The lowest BCUT2D eigenvalue weighted by Crippen LogP contribution is -2.32. The lowest BCUT2D eigenvalue weighted by atomic mass is 10.2. The molecule has 2 amide bonds. The van der Waals surface area contributed by atoms with Gasteiger partial charge in [-0.15, -0.1) is 0 Å². The number of hydrogen-bond acceptors (Lipinski definition) is 7. The highest BCUT2D eigenvalue weighted by Gasteiger charge is 2.18. The lowest BCUT2D eigenvalue weighted by Gasteiger charge is -2.16. The Hall–Kier alpha value is -3.92. The van der Waals surface area contributed by atoms with Crippen molar-refractivity contribution >= 4 is 27.7 Å². The summed E-state index contributed by atoms with van der Waals surface area (Å²) in [5, 5.41) is 0. The summed E-state index contributed by atoms with van der Waals surface area (Å²) in [4.78, 5) is 35.4. The van der Waals surface area contributed by atoms with Gasteiger partial charge in [-0.3, -0.25) is 9.59 Å². The number of hydrogen-bond donors (Lipinski definition) is 2. The number of ether oxygens (including phenoxy) is 3. The molecule has 3 aromatic rings. The highest BCUT2D eigenvalue weighted by Crippen LogP contribution is 2.37. The summed E-state index contributed by atoms with van der Waals surface area (Å²) < 4.78 is 17.8. The maximum absolute atomic E-state index is 12.3. The van der Waals surface area contributed by atoms with Gasteiger partial charge in [0, 0.05) is 4.47 Å². The number of fused-ring (bicyclic) bond motifs is 3. The summed E-state index contributed by atoms with van der Waals surface area (Å²) in [5.41, 5.74) is 5.51. The lowest BCUT2D eigenvalue weighted by molar-refractivity contribution is -0.130. The smallest absolute Gasteiger partial charge is 0.290 e. The van der Waals surface area contributed by atoms with E-state index < -0.39 is 11.8 Å². The molecule has 0 saturated carbocycles. The van der Waals surface area contributed by atoms with E-state index in [0.717, 1.165) is 10.0 Å². The van der Waals surface area contributed by atoms with E-state index in [-0.39, 0.29) is 37.1 Å². The molecule has 0 atom stereocenters. The molecular formula is C23H19BrN2O7. The second-order valence-electron chi connectivity index (χ2n) is 6.78. The summed E-state index contributed by atoms with van der Waals surface area (Å²) in [7, 11) is 0. The molecule has 1 aliphatic heterocycles. The zero-order valence-electron chi connectivity index (χ0n) is 17.2. The number of nitrogens with one attached hydrogen (secondary N) is 2. The third kappa shape index (κ3) is 6.07. The minimum Gasteiger partial charge on any atom is -0.481 e. The Morgan fingerprint density at radius 3 is 1.79 bits per heavy atom. The summed E-state index contributed by atoms with van der Waals surface area (Å²) >= 11 is 3.39. The fourth-order valence-corrected chi connectivity index (χ4v) is 3.06. The molecule has 0 aliphatic carbocycles. The van der Waals surface area contributed by atoms with Crippen LogP contribution in [0.25, 0.3) is 0 Å². The summed E-state index contributed by atoms with van der Waals surface area (Å²) in [6, 6.07) is 19.0. The Bertz CT molecular complexity index is 1080. The number of carbonyl (C=O) groups is 2. The first-order valence-electron chi connectivity index (χ1n) is 9.85. The molecular weight excluding hydrogens is 496 g/mol. The van der Waals surface area contributed by atoms with Crippen molar-refractivity contribution in [3.05, 3.63) is 76.8 Å². The van der Waals surface area contributed by atoms with Crippen molar-refractivity contribution in [2.24, 2.45) is 0 Å². The van der Waals surface area contributed by atoms with E-state index >= 15 is 0 Å². The van der Waals surface area contributed by atoms with Crippen LogP contribution in [0.15, 0.2) is 71.2 Å². The zero-order valence-corrected chi connectivity index (χ0v) is 18.8. The van der Waals surface area contributed by atoms with E-state index in [9.17, 15) is 9.59 Å². The van der Waals surface area contributed by atoms with E-state index in [1.165, 1.54) is 0 Å². The standard InChI is InChI=1S/C23H19BrN2O7/c24-16-10-8-15(9-11-16)12-31-23-19-6-3-7-20(23)33-26-22(28)14-30-18-5-2-1-4-17(18)29-13-21(27)25-32-19/h1-11H,12-14H2,(H,25,27)(H,26,28). The molecule has 1 aliphatic rings. The van der Waals surface area contributed by atoms with Crippen LogP contribution in [-0.4, -0.2) is 25.0 Å². The van der Waals surface area contributed by atoms with Crippen LogP contribution >= 0.6 is 15.9 Å². The van der Waals surface area contributed by atoms with E-state index in [4.69, 9.17) is 23.9 Å². The Balaban J connectivity index is 1.56. The van der Waals surface area contributed by atoms with E-state index in [2.05, 4.69) is 26.9 Å². The van der Waals surface area contributed by atoms with Gasteiger partial charge in [0.25, 0.3) is 11.8 Å². The van der Waals surface area contributed by atoms with Gasteiger partial charge in [-0.25, -0.2) is 0 Å². The molecule has 4 rings (SSSR count). The molecule has 3 aromatic carbocycles. The van der Waals surface area contributed by atoms with E-state index in [1.54, 1.807) is 42.5 Å². The quantitative estimate of drug-likeness (QED) is 0.552. The molecule has 9 nitrogen and oxygen atoms in total. The predicted molar refractivity (Wildman–Crippen MR) is 120 cm³/mol. The summed E-state index contributed by atoms with van der Waals surface area (Å²) in [6.45, 7) is -0.483. The van der Waals surface area contributed by atoms with Gasteiger partial charge in [0.05, 0.1) is 0 Å². The largest absolute Gasteiger partial charge is 0.481 e. The van der Waals surface area contributed by atoms with Gasteiger partial charge < -0.3 is 23.9 Å². The normalized spacial score (nSPS) is 13.8. The number of amides is 2. The Kier molecular flexibility index (Phi) is 7.16. The first-order chi connectivity index (χ1) is 16.1. The third-order valence-corrected chi connectivity index (χ3v) is 4.88. The number of halogens is 1. The first kappa shape index (κ1) is 22.3. The fourth-order valence-electron chi connectivity index (χ4n) is 2.79. The minimum atomic E-state index is -0.543. The zero-order chi connectivity index (χ0) is 23.0. The summed E-state index contributed by atoms with van der Waals surface area (Å²) in [6.07, 6.45) is 0. The predicted octanol–water partition coefficient (Wildman–Crippen LogP) is 3.32. The number of para-hydroxylation sites is 3. The van der Waals surface area contributed by atoms with Gasteiger partial charge in [-0.1, -0.05) is 46.3 Å². The van der Waals surface area contributed by atoms with Crippen LogP contribution in [0.4, 0.5) is 0 Å². The number of benzene rings is 3. The molecule has 170 valence electrons. The van der Waals surface area contributed by atoms with Crippen LogP contribution in [0.5, 0.6) is 28.7 Å². The second-order valence-corrected chi connectivity index (χ2v) is 7.69. The highest BCUT2D eigenvalue weighted by molar-refractivity contribution is 9.10. The van der Waals surface area contributed by atoms with Crippen molar-refractivity contribution in [2.45, 2.75) is 6.61 Å². The van der Waals surface area contributed by atoms with Crippen LogP contribution in [0, 0.1) is 0 Å². The maximum atomic E-state index is 12.3. The molecule has 2 bridgehead atoms. The average Bonchev–Trinajstić information content (AvgIpc) is 2.83. The first-order valence-corrected chi connectivity index (χ1v) is 10.6. The molecule has 33 heavy (non-hydrogen) atoms. The molecule has 0 saturated heterocycles. The minimum absolute atomic E-state index is 0.179. The molecule has 0 unspecified atom stereocenters. The van der Waals surface area contributed by atoms with Crippen molar-refractivity contribution in [1.82, 2.24) is 11.0 Å². The van der Waals surface area contributed by atoms with Crippen LogP contribution in [0.1, 0.15) is 5.56 Å². The molecule has 2 N–H and O–H groups in total. The highest BCUT2D eigenvalue weighted by atomic mass is 79.9. The molecule has 0 aromatic heterocycles. The molecule has 1 heterocycles. The second kappa shape index (κ2) is 10.6. The number of rotatable bonds is 3. The monoisotopic (exact) mass is 514 g/mol. The van der Waals surface area contributed by atoms with Gasteiger partial charge in [0.1, 0.15) is 6.61 Å². The van der Waals surface area contributed by atoms with E-state index in [0.29, 0.717) is 11.5 Å². The van der Waals surface area contributed by atoms with Crippen molar-refractivity contribution in [3.63, 3.8) is 0 Å². The SMILES string of the molecule is O=C1COc2ccccc2OCC(=O)NOc2cccc(c2OCc2ccc(Br)cc2)ON1. The van der Waals surface area contributed by atoms with Crippen LogP contribution in [0.2, 0.25) is 0 Å². The van der Waals surface area contributed by atoms with Gasteiger partial charge in [-0.05, 0) is 42.0 Å². The van der Waals surface area contributed by atoms with Crippen LogP contribution in [-0.2, 0) is 16.2 Å².